The summed E-state index contributed by atoms with van der Waals surface area (Å²) >= 11 is 0. The Hall–Kier alpha value is 0.0700. The van der Waals surface area contributed by atoms with Gasteiger partial charge in [-0.3, -0.25) is 9.05 Å². The first kappa shape index (κ1) is 25.1. The minimum absolute atomic E-state index is 0.111. The molecule has 1 saturated heterocycles. The summed E-state index contributed by atoms with van der Waals surface area (Å²) in [6.45, 7) is 2.49. The van der Waals surface area contributed by atoms with Crippen molar-refractivity contribution in [2.24, 2.45) is 5.73 Å². The van der Waals surface area contributed by atoms with Crippen LogP contribution >= 0.6 is 7.82 Å². The van der Waals surface area contributed by atoms with Gasteiger partial charge in [-0.25, -0.2) is 4.57 Å². The van der Waals surface area contributed by atoms with Crippen molar-refractivity contribution in [3.05, 3.63) is 0 Å². The Morgan fingerprint density at radius 1 is 0.741 bits per heavy atom. The number of rotatable bonds is 17. The highest BCUT2D eigenvalue weighted by Crippen LogP contribution is 2.47. The SMILES string of the molecule is CCCCCCCCCCCCCCCCCCC1(N)COP(=O)(O)OC1. The zero-order chi connectivity index (χ0) is 19.8. The highest BCUT2D eigenvalue weighted by atomic mass is 31.2. The van der Waals surface area contributed by atoms with Crippen LogP contribution in [-0.4, -0.2) is 23.6 Å². The Morgan fingerprint density at radius 2 is 1.07 bits per heavy atom. The fourth-order valence-electron chi connectivity index (χ4n) is 3.67. The molecule has 0 aromatic heterocycles. The van der Waals surface area contributed by atoms with E-state index < -0.39 is 13.4 Å². The van der Waals surface area contributed by atoms with Crippen molar-refractivity contribution < 1.29 is 18.5 Å². The molecule has 5 nitrogen and oxygen atoms in total. The second-order valence-electron chi connectivity index (χ2n) is 8.43. The molecule has 0 aromatic carbocycles. The third-order valence-corrected chi connectivity index (χ3v) is 6.47. The Balaban J connectivity index is 1.79. The Kier molecular flexibility index (Phi) is 13.9. The van der Waals surface area contributed by atoms with E-state index in [9.17, 15) is 9.46 Å². The van der Waals surface area contributed by atoms with Crippen molar-refractivity contribution in [1.82, 2.24) is 0 Å². The van der Waals surface area contributed by atoms with E-state index >= 15 is 0 Å². The molecule has 1 rings (SSSR count). The van der Waals surface area contributed by atoms with Crippen molar-refractivity contribution in [3.63, 3.8) is 0 Å². The third-order valence-electron chi connectivity index (χ3n) is 5.56. The quantitative estimate of drug-likeness (QED) is 0.214. The largest absolute Gasteiger partial charge is 0.472 e. The molecule has 0 bridgehead atoms. The predicted octanol–water partition coefficient (Wildman–Crippen LogP) is 6.48. The molecule has 0 aliphatic carbocycles. The van der Waals surface area contributed by atoms with Crippen LogP contribution in [0.5, 0.6) is 0 Å². The summed E-state index contributed by atoms with van der Waals surface area (Å²) in [5.41, 5.74) is 5.55. The lowest BCUT2D eigenvalue weighted by Crippen LogP contribution is -2.50. The van der Waals surface area contributed by atoms with E-state index in [1.165, 1.54) is 89.9 Å². The highest BCUT2D eigenvalue weighted by Gasteiger charge is 2.38. The molecule has 1 heterocycles. The normalized spacial score (nSPS) is 25.7. The van der Waals surface area contributed by atoms with Gasteiger partial charge >= 0.3 is 7.82 Å². The molecule has 0 saturated carbocycles. The second-order valence-corrected chi connectivity index (χ2v) is 9.88. The molecule has 3 N–H and O–H groups in total. The lowest BCUT2D eigenvalue weighted by molar-refractivity contribution is 0.0359. The first-order valence-corrected chi connectivity index (χ1v) is 12.9. The van der Waals surface area contributed by atoms with E-state index in [-0.39, 0.29) is 13.2 Å². The summed E-state index contributed by atoms with van der Waals surface area (Å²) in [7, 11) is -3.82. The third kappa shape index (κ3) is 13.8. The van der Waals surface area contributed by atoms with Crippen LogP contribution in [0.3, 0.4) is 0 Å². The standard InChI is InChI=1S/C21H44NO4P/c1-2-3-4-5-6-7-8-9-10-11-12-13-14-15-16-17-18-21(22)19-25-27(23,24)26-20-21/h2-20,22H2,1H3,(H,23,24). The van der Waals surface area contributed by atoms with Gasteiger partial charge in [-0.05, 0) is 6.42 Å². The van der Waals surface area contributed by atoms with Gasteiger partial charge < -0.3 is 10.6 Å². The predicted molar refractivity (Wildman–Crippen MR) is 113 cm³/mol. The van der Waals surface area contributed by atoms with E-state index in [4.69, 9.17) is 14.8 Å². The van der Waals surface area contributed by atoms with Crippen LogP contribution in [-0.2, 0) is 13.6 Å². The van der Waals surface area contributed by atoms with E-state index in [2.05, 4.69) is 6.92 Å². The molecule has 0 radical (unpaired) electrons. The average molecular weight is 406 g/mol. The average Bonchev–Trinajstić information content (AvgIpc) is 2.64. The topological polar surface area (TPSA) is 81.8 Å². The summed E-state index contributed by atoms with van der Waals surface area (Å²) in [6.07, 6.45) is 22.3. The molecular formula is C21H44NO4P. The summed E-state index contributed by atoms with van der Waals surface area (Å²) in [5, 5.41) is 0. The maximum atomic E-state index is 11.2. The zero-order valence-corrected chi connectivity index (χ0v) is 18.5. The van der Waals surface area contributed by atoms with Gasteiger partial charge in [-0.1, -0.05) is 110 Å². The second kappa shape index (κ2) is 15.0. The molecule has 6 heteroatoms. The summed E-state index contributed by atoms with van der Waals surface area (Å²) in [6, 6.07) is 0. The van der Waals surface area contributed by atoms with Crippen LogP contribution < -0.4 is 5.73 Å². The highest BCUT2D eigenvalue weighted by molar-refractivity contribution is 7.47. The number of phosphoric ester groups is 1. The Labute approximate surface area is 167 Å². The van der Waals surface area contributed by atoms with Gasteiger partial charge in [-0.2, -0.15) is 0 Å². The molecular weight excluding hydrogens is 361 g/mol. The summed E-state index contributed by atoms with van der Waals surface area (Å²) in [5.74, 6) is 0. The lowest BCUT2D eigenvalue weighted by atomic mass is 9.94. The number of phosphoric acid groups is 1. The van der Waals surface area contributed by atoms with E-state index in [1.54, 1.807) is 0 Å². The van der Waals surface area contributed by atoms with Gasteiger partial charge in [0, 0.05) is 0 Å². The fourth-order valence-corrected chi connectivity index (χ4v) is 4.58. The Bertz CT molecular complexity index is 394. The first-order chi connectivity index (χ1) is 13.0. The number of nitrogens with two attached hydrogens (primary N) is 1. The van der Waals surface area contributed by atoms with Crippen molar-refractivity contribution in [2.75, 3.05) is 13.2 Å². The maximum Gasteiger partial charge on any atom is 0.472 e. The molecule has 0 atom stereocenters. The molecule has 0 unspecified atom stereocenters. The number of unbranched alkanes of at least 4 members (excludes halogenated alkanes) is 15. The van der Waals surface area contributed by atoms with Gasteiger partial charge in [0.05, 0.1) is 18.8 Å². The van der Waals surface area contributed by atoms with Gasteiger partial charge in [0.1, 0.15) is 0 Å². The minimum Gasteiger partial charge on any atom is -0.321 e. The van der Waals surface area contributed by atoms with Gasteiger partial charge in [-0.15, -0.1) is 0 Å². The van der Waals surface area contributed by atoms with Crippen LogP contribution in [0.25, 0.3) is 0 Å². The van der Waals surface area contributed by atoms with E-state index in [0.29, 0.717) is 0 Å². The first-order valence-electron chi connectivity index (χ1n) is 11.4. The zero-order valence-electron chi connectivity index (χ0n) is 17.6. The van der Waals surface area contributed by atoms with E-state index in [0.717, 1.165) is 19.3 Å². The number of hydrogen-bond donors (Lipinski definition) is 2. The van der Waals surface area contributed by atoms with Crippen molar-refractivity contribution in [2.45, 2.75) is 122 Å². The van der Waals surface area contributed by atoms with Crippen molar-refractivity contribution in [1.29, 1.82) is 0 Å². The van der Waals surface area contributed by atoms with Crippen LogP contribution in [0.1, 0.15) is 116 Å². The van der Waals surface area contributed by atoms with Gasteiger partial charge in [0.2, 0.25) is 0 Å². The molecule has 162 valence electrons. The summed E-state index contributed by atoms with van der Waals surface area (Å²) < 4.78 is 20.8. The monoisotopic (exact) mass is 405 g/mol. The smallest absolute Gasteiger partial charge is 0.321 e. The van der Waals surface area contributed by atoms with Gasteiger partial charge in [0.15, 0.2) is 0 Å². The summed E-state index contributed by atoms with van der Waals surface area (Å²) in [4.78, 5) is 9.17. The van der Waals surface area contributed by atoms with Crippen molar-refractivity contribution in [3.8, 4) is 0 Å². The molecule has 0 aromatic rings. The molecule has 1 aliphatic heterocycles. The molecule has 1 aliphatic rings. The van der Waals surface area contributed by atoms with Gasteiger partial charge in [0.25, 0.3) is 0 Å². The van der Waals surface area contributed by atoms with Crippen LogP contribution in [0.2, 0.25) is 0 Å². The van der Waals surface area contributed by atoms with E-state index in [1.807, 2.05) is 0 Å². The van der Waals surface area contributed by atoms with Crippen molar-refractivity contribution >= 4 is 7.82 Å². The molecule has 0 spiro atoms. The minimum atomic E-state index is -3.82. The van der Waals surface area contributed by atoms with Crippen LogP contribution in [0.4, 0.5) is 0 Å². The van der Waals surface area contributed by atoms with Crippen LogP contribution in [0.15, 0.2) is 0 Å². The number of hydrogen-bond acceptors (Lipinski definition) is 4. The molecule has 27 heavy (non-hydrogen) atoms. The van der Waals surface area contributed by atoms with Crippen LogP contribution in [0, 0.1) is 0 Å². The molecule has 0 amide bonds. The lowest BCUT2D eigenvalue weighted by Gasteiger charge is -2.34. The Morgan fingerprint density at radius 3 is 1.44 bits per heavy atom. The maximum absolute atomic E-state index is 11.2. The molecule has 1 fully saturated rings. The fraction of sp³-hybridized carbons (Fsp3) is 1.00.